The van der Waals surface area contributed by atoms with Gasteiger partial charge in [0.25, 0.3) is 0 Å². The van der Waals surface area contributed by atoms with E-state index in [1.54, 1.807) is 4.31 Å². The smallest absolute Gasteiger partial charge is 0.227 e. The van der Waals surface area contributed by atoms with Gasteiger partial charge < -0.3 is 9.64 Å². The van der Waals surface area contributed by atoms with Gasteiger partial charge in [-0.3, -0.25) is 4.79 Å². The molecule has 7 heteroatoms. The Kier molecular flexibility index (Phi) is 6.42. The van der Waals surface area contributed by atoms with Crippen molar-refractivity contribution >= 4 is 15.9 Å². The van der Waals surface area contributed by atoms with Gasteiger partial charge in [-0.2, -0.15) is 4.31 Å². The van der Waals surface area contributed by atoms with Gasteiger partial charge in [0, 0.05) is 25.7 Å². The van der Waals surface area contributed by atoms with Crippen LogP contribution in [0.4, 0.5) is 0 Å². The minimum atomic E-state index is -3.13. The lowest BCUT2D eigenvalue weighted by molar-refractivity contribution is -0.132. The van der Waals surface area contributed by atoms with E-state index in [1.165, 1.54) is 0 Å². The molecule has 2 fully saturated rings. The summed E-state index contributed by atoms with van der Waals surface area (Å²) in [5.41, 5.74) is 0.952. The fourth-order valence-electron chi connectivity index (χ4n) is 3.74. The zero-order valence-corrected chi connectivity index (χ0v) is 17.1. The van der Waals surface area contributed by atoms with Gasteiger partial charge in [-0.05, 0) is 42.9 Å². The maximum atomic E-state index is 12.7. The number of piperidine rings is 1. The number of carbonyl (C=O) groups is 1. The van der Waals surface area contributed by atoms with Crippen LogP contribution < -0.4 is 4.74 Å². The average molecular weight is 395 g/mol. The molecule has 3 rings (SSSR count). The van der Waals surface area contributed by atoms with Gasteiger partial charge in [-0.15, -0.1) is 0 Å². The number of benzene rings is 1. The summed E-state index contributed by atoms with van der Waals surface area (Å²) in [6.45, 7) is 6.69. The lowest BCUT2D eigenvalue weighted by Gasteiger charge is -2.36. The Morgan fingerprint density at radius 2 is 1.93 bits per heavy atom. The summed E-state index contributed by atoms with van der Waals surface area (Å²) < 4.78 is 31.6. The maximum Gasteiger partial charge on any atom is 0.227 e. The lowest BCUT2D eigenvalue weighted by Crippen LogP contribution is -2.50. The first-order chi connectivity index (χ1) is 12.8. The monoisotopic (exact) mass is 394 g/mol. The van der Waals surface area contributed by atoms with Gasteiger partial charge in [-0.1, -0.05) is 26.0 Å². The van der Waals surface area contributed by atoms with Crippen LogP contribution in [0.15, 0.2) is 24.3 Å². The van der Waals surface area contributed by atoms with Crippen LogP contribution in [0.5, 0.6) is 5.75 Å². The molecule has 0 saturated carbocycles. The minimum Gasteiger partial charge on any atom is -0.493 e. The molecule has 1 amide bonds. The second-order valence-electron chi connectivity index (χ2n) is 7.94. The van der Waals surface area contributed by atoms with Crippen molar-refractivity contribution in [3.05, 3.63) is 29.8 Å². The molecule has 0 unspecified atom stereocenters. The van der Waals surface area contributed by atoms with Gasteiger partial charge in [0.15, 0.2) is 0 Å². The average Bonchev–Trinajstić information content (AvgIpc) is 3.00. The molecule has 1 aromatic rings. The van der Waals surface area contributed by atoms with Gasteiger partial charge >= 0.3 is 0 Å². The van der Waals surface area contributed by atoms with E-state index in [9.17, 15) is 13.2 Å². The molecule has 150 valence electrons. The molecule has 6 nitrogen and oxygen atoms in total. The summed E-state index contributed by atoms with van der Waals surface area (Å²) in [6, 6.07) is 7.60. The quantitative estimate of drug-likeness (QED) is 0.742. The van der Waals surface area contributed by atoms with Gasteiger partial charge in [0.2, 0.25) is 15.9 Å². The van der Waals surface area contributed by atoms with Crippen LogP contribution in [-0.4, -0.2) is 61.6 Å². The van der Waals surface area contributed by atoms with Crippen molar-refractivity contribution in [2.24, 2.45) is 5.92 Å². The van der Waals surface area contributed by atoms with Gasteiger partial charge in [-0.25, -0.2) is 8.42 Å². The van der Waals surface area contributed by atoms with Gasteiger partial charge in [0.1, 0.15) is 5.75 Å². The van der Waals surface area contributed by atoms with Crippen molar-refractivity contribution in [1.82, 2.24) is 9.21 Å². The van der Waals surface area contributed by atoms with E-state index in [1.807, 2.05) is 29.2 Å². The Bertz CT molecular complexity index is 746. The third-order valence-corrected chi connectivity index (χ3v) is 7.16. The van der Waals surface area contributed by atoms with Crippen molar-refractivity contribution in [2.75, 3.05) is 32.0 Å². The second kappa shape index (κ2) is 8.61. The van der Waals surface area contributed by atoms with Crippen LogP contribution in [0, 0.1) is 5.92 Å². The third kappa shape index (κ3) is 5.23. The zero-order valence-electron chi connectivity index (χ0n) is 16.3. The number of ether oxygens (including phenoxy) is 1. The Morgan fingerprint density at radius 1 is 1.19 bits per heavy atom. The van der Waals surface area contributed by atoms with E-state index in [0.717, 1.165) is 24.2 Å². The highest BCUT2D eigenvalue weighted by Crippen LogP contribution is 2.24. The standard InChI is InChI=1S/C20H30N2O4S/c1-16(2)15-26-19-8-6-17(7-9-19)13-20(23)21-10-3-5-18(14-21)22-11-4-12-27(22,24)25/h6-9,16,18H,3-5,10-15H2,1-2H3/t18-/m0/s1. The van der Waals surface area contributed by atoms with E-state index in [-0.39, 0.29) is 17.7 Å². The number of hydrogen-bond acceptors (Lipinski definition) is 4. The number of amides is 1. The summed E-state index contributed by atoms with van der Waals surface area (Å²) in [5, 5.41) is 0. The SMILES string of the molecule is CC(C)COc1ccc(CC(=O)N2CCC[C@H](N3CCCS3(=O)=O)C2)cc1. The van der Waals surface area contributed by atoms with Crippen molar-refractivity contribution in [1.29, 1.82) is 0 Å². The topological polar surface area (TPSA) is 66.9 Å². The first kappa shape index (κ1) is 20.1. The maximum absolute atomic E-state index is 12.7. The lowest BCUT2D eigenvalue weighted by atomic mass is 10.0. The van der Waals surface area contributed by atoms with Crippen LogP contribution in [0.1, 0.15) is 38.7 Å². The summed E-state index contributed by atoms with van der Waals surface area (Å²) >= 11 is 0. The summed E-state index contributed by atoms with van der Waals surface area (Å²) in [5.74, 6) is 1.59. The molecule has 0 bridgehead atoms. The van der Waals surface area contributed by atoms with E-state index in [4.69, 9.17) is 4.74 Å². The molecule has 0 aromatic heterocycles. The molecule has 0 N–H and O–H groups in total. The molecule has 2 heterocycles. The zero-order chi connectivity index (χ0) is 19.4. The van der Waals surface area contributed by atoms with Crippen LogP contribution in [0.2, 0.25) is 0 Å². The predicted molar refractivity (Wildman–Crippen MR) is 105 cm³/mol. The third-order valence-electron chi connectivity index (χ3n) is 5.16. The fourth-order valence-corrected chi connectivity index (χ4v) is 5.50. The second-order valence-corrected chi connectivity index (χ2v) is 9.98. The highest BCUT2D eigenvalue weighted by molar-refractivity contribution is 7.89. The molecule has 2 aliphatic rings. The van der Waals surface area contributed by atoms with Crippen LogP contribution in [0.3, 0.4) is 0 Å². The molecular formula is C20H30N2O4S. The largest absolute Gasteiger partial charge is 0.493 e. The van der Waals surface area contributed by atoms with Crippen LogP contribution in [0.25, 0.3) is 0 Å². The number of rotatable bonds is 6. The normalized spacial score (nSPS) is 22.9. The summed E-state index contributed by atoms with van der Waals surface area (Å²) in [6.07, 6.45) is 2.72. The molecule has 1 aromatic carbocycles. The van der Waals surface area contributed by atoms with E-state index >= 15 is 0 Å². The first-order valence-corrected chi connectivity index (χ1v) is 11.4. The first-order valence-electron chi connectivity index (χ1n) is 9.84. The minimum absolute atomic E-state index is 0.0622. The van der Waals surface area contributed by atoms with E-state index < -0.39 is 10.0 Å². The van der Waals surface area contributed by atoms with Crippen molar-refractivity contribution in [2.45, 2.75) is 45.6 Å². The van der Waals surface area contributed by atoms with E-state index in [0.29, 0.717) is 45.0 Å². The number of carbonyl (C=O) groups excluding carboxylic acids is 1. The Morgan fingerprint density at radius 3 is 2.56 bits per heavy atom. The van der Waals surface area contributed by atoms with Crippen LogP contribution >= 0.6 is 0 Å². The molecule has 0 radical (unpaired) electrons. The van der Waals surface area contributed by atoms with Crippen molar-refractivity contribution in [3.63, 3.8) is 0 Å². The number of sulfonamides is 1. The Hall–Kier alpha value is -1.60. The number of nitrogens with zero attached hydrogens (tertiary/aromatic N) is 2. The summed E-state index contributed by atoms with van der Waals surface area (Å²) in [7, 11) is -3.13. The summed E-state index contributed by atoms with van der Waals surface area (Å²) in [4.78, 5) is 14.5. The molecule has 2 saturated heterocycles. The number of hydrogen-bond donors (Lipinski definition) is 0. The molecule has 0 spiro atoms. The number of likely N-dealkylation sites (tertiary alicyclic amines) is 1. The molecule has 2 aliphatic heterocycles. The predicted octanol–water partition coefficient (Wildman–Crippen LogP) is 2.29. The fraction of sp³-hybridized carbons (Fsp3) is 0.650. The van der Waals surface area contributed by atoms with E-state index in [2.05, 4.69) is 13.8 Å². The highest BCUT2D eigenvalue weighted by Gasteiger charge is 2.37. The van der Waals surface area contributed by atoms with Crippen molar-refractivity contribution < 1.29 is 17.9 Å². The molecule has 27 heavy (non-hydrogen) atoms. The molecular weight excluding hydrogens is 364 g/mol. The Balaban J connectivity index is 1.56. The molecule has 1 atom stereocenters. The molecule has 0 aliphatic carbocycles. The van der Waals surface area contributed by atoms with Crippen LogP contribution in [-0.2, 0) is 21.2 Å². The highest BCUT2D eigenvalue weighted by atomic mass is 32.2. The van der Waals surface area contributed by atoms with Gasteiger partial charge in [0.05, 0.1) is 18.8 Å². The van der Waals surface area contributed by atoms with Crippen molar-refractivity contribution in [3.8, 4) is 5.75 Å². The Labute approximate surface area is 162 Å².